The fraction of sp³-hybridized carbons (Fsp3) is 0.522. The lowest BCUT2D eigenvalue weighted by Gasteiger charge is -2.31. The fourth-order valence-corrected chi connectivity index (χ4v) is 4.31. The molecule has 2 aliphatic heterocycles. The van der Waals surface area contributed by atoms with Crippen LogP contribution in [0, 0.1) is 5.92 Å². The molecular formula is C23H31N7O2. The highest BCUT2D eigenvalue weighted by Gasteiger charge is 2.26. The van der Waals surface area contributed by atoms with Gasteiger partial charge in [-0.2, -0.15) is 5.10 Å². The number of carbonyl (C=O) groups excluding carboxylic acids is 2. The second-order valence-electron chi connectivity index (χ2n) is 9.02. The number of amides is 2. The first-order valence-electron chi connectivity index (χ1n) is 11.2. The van der Waals surface area contributed by atoms with Gasteiger partial charge in [0.05, 0.1) is 23.1 Å². The molecule has 0 saturated carbocycles. The van der Waals surface area contributed by atoms with Crippen molar-refractivity contribution in [3.8, 4) is 0 Å². The Bertz CT molecular complexity index is 1110. The van der Waals surface area contributed by atoms with Crippen LogP contribution in [0.3, 0.4) is 0 Å². The SMILES string of the molecule is CC1=CC(C)=NC(=O)C1CNC(=O)c1cc(N2CCC(N)CC2)nc2c1cnn2C(C)C. The van der Waals surface area contributed by atoms with Gasteiger partial charge in [-0.25, -0.2) is 14.7 Å². The molecule has 1 atom stereocenters. The van der Waals surface area contributed by atoms with Crippen molar-refractivity contribution >= 4 is 34.4 Å². The van der Waals surface area contributed by atoms with Crippen LogP contribution in [-0.2, 0) is 4.79 Å². The lowest BCUT2D eigenvalue weighted by atomic mass is 9.95. The maximum Gasteiger partial charge on any atom is 0.254 e. The standard InChI is InChI=1S/C23H31N7O2/c1-13(2)30-21-19(12-26-30)17(10-20(28-21)29-7-5-16(24)6-8-29)22(31)25-11-18-14(3)9-15(4)27-23(18)32/h9-10,12-13,16,18H,5-8,11,24H2,1-4H3,(H,25,31). The number of hydrogen-bond acceptors (Lipinski definition) is 6. The zero-order valence-corrected chi connectivity index (χ0v) is 19.1. The van der Waals surface area contributed by atoms with Gasteiger partial charge >= 0.3 is 0 Å². The van der Waals surface area contributed by atoms with Crippen LogP contribution in [0.4, 0.5) is 5.82 Å². The molecule has 0 spiro atoms. The molecule has 170 valence electrons. The van der Waals surface area contributed by atoms with Crippen LogP contribution in [0.25, 0.3) is 11.0 Å². The number of rotatable bonds is 5. The number of piperidine rings is 1. The van der Waals surface area contributed by atoms with E-state index in [1.807, 2.05) is 37.6 Å². The second kappa shape index (κ2) is 8.82. The van der Waals surface area contributed by atoms with Gasteiger partial charge in [-0.15, -0.1) is 0 Å². The van der Waals surface area contributed by atoms with Gasteiger partial charge in [0.2, 0.25) is 0 Å². The maximum absolute atomic E-state index is 13.3. The molecule has 2 aliphatic rings. The van der Waals surface area contributed by atoms with E-state index >= 15 is 0 Å². The van der Waals surface area contributed by atoms with E-state index in [9.17, 15) is 9.59 Å². The van der Waals surface area contributed by atoms with Gasteiger partial charge in [0, 0.05) is 37.4 Å². The smallest absolute Gasteiger partial charge is 0.254 e. The molecule has 2 aromatic heterocycles. The molecule has 2 aromatic rings. The van der Waals surface area contributed by atoms with Crippen LogP contribution in [0.1, 0.15) is 56.9 Å². The minimum atomic E-state index is -0.443. The van der Waals surface area contributed by atoms with E-state index in [0.29, 0.717) is 22.3 Å². The van der Waals surface area contributed by atoms with E-state index in [0.717, 1.165) is 37.3 Å². The van der Waals surface area contributed by atoms with Crippen LogP contribution in [0.2, 0.25) is 0 Å². The molecule has 4 heterocycles. The van der Waals surface area contributed by atoms with Gasteiger partial charge in [0.25, 0.3) is 11.8 Å². The summed E-state index contributed by atoms with van der Waals surface area (Å²) in [5.41, 5.74) is 8.86. The van der Waals surface area contributed by atoms with Crippen LogP contribution >= 0.6 is 0 Å². The number of dihydropyridines is 1. The lowest BCUT2D eigenvalue weighted by Crippen LogP contribution is -2.40. The number of allylic oxidation sites excluding steroid dienone is 1. The molecule has 0 radical (unpaired) electrons. The average Bonchev–Trinajstić information content (AvgIpc) is 3.17. The topological polar surface area (TPSA) is 118 Å². The van der Waals surface area contributed by atoms with Gasteiger partial charge < -0.3 is 16.0 Å². The molecule has 32 heavy (non-hydrogen) atoms. The summed E-state index contributed by atoms with van der Waals surface area (Å²) in [7, 11) is 0. The lowest BCUT2D eigenvalue weighted by molar-refractivity contribution is -0.120. The number of nitrogens with one attached hydrogen (secondary N) is 1. The maximum atomic E-state index is 13.3. The van der Waals surface area contributed by atoms with Crippen molar-refractivity contribution in [2.75, 3.05) is 24.5 Å². The van der Waals surface area contributed by atoms with Crippen LogP contribution in [0.15, 0.2) is 28.9 Å². The Morgan fingerprint density at radius 1 is 1.28 bits per heavy atom. The van der Waals surface area contributed by atoms with Crippen molar-refractivity contribution in [3.63, 3.8) is 0 Å². The molecule has 1 unspecified atom stereocenters. The first kappa shape index (κ1) is 22.1. The Labute approximate surface area is 187 Å². The number of carbonyl (C=O) groups is 2. The first-order valence-corrected chi connectivity index (χ1v) is 11.2. The predicted molar refractivity (Wildman–Crippen MR) is 125 cm³/mol. The summed E-state index contributed by atoms with van der Waals surface area (Å²) >= 11 is 0. The van der Waals surface area contributed by atoms with Crippen LogP contribution < -0.4 is 16.0 Å². The number of pyridine rings is 1. The Hall–Kier alpha value is -3.07. The first-order chi connectivity index (χ1) is 15.2. The normalized spacial score (nSPS) is 20.0. The van der Waals surface area contributed by atoms with Crippen LogP contribution in [0.5, 0.6) is 0 Å². The van der Waals surface area contributed by atoms with Gasteiger partial charge in [0.1, 0.15) is 5.82 Å². The molecule has 2 amide bonds. The molecule has 3 N–H and O–H groups in total. The molecule has 0 aromatic carbocycles. The van der Waals surface area contributed by atoms with Crippen molar-refractivity contribution in [2.45, 2.75) is 52.6 Å². The minimum Gasteiger partial charge on any atom is -0.356 e. The van der Waals surface area contributed by atoms with Crippen molar-refractivity contribution < 1.29 is 9.59 Å². The molecule has 0 bridgehead atoms. The number of aromatic nitrogens is 3. The number of hydrogen-bond donors (Lipinski definition) is 2. The van der Waals surface area contributed by atoms with E-state index in [4.69, 9.17) is 10.7 Å². The summed E-state index contributed by atoms with van der Waals surface area (Å²) < 4.78 is 1.83. The highest BCUT2D eigenvalue weighted by atomic mass is 16.2. The molecular weight excluding hydrogens is 406 g/mol. The third-order valence-corrected chi connectivity index (χ3v) is 6.19. The molecule has 9 nitrogen and oxygen atoms in total. The van der Waals surface area contributed by atoms with Crippen LogP contribution in [-0.4, -0.2) is 58.0 Å². The fourth-order valence-electron chi connectivity index (χ4n) is 4.31. The monoisotopic (exact) mass is 437 g/mol. The molecule has 1 fully saturated rings. The predicted octanol–water partition coefficient (Wildman–Crippen LogP) is 2.23. The van der Waals surface area contributed by atoms with E-state index in [1.54, 1.807) is 13.1 Å². The summed E-state index contributed by atoms with van der Waals surface area (Å²) in [5, 5.41) is 8.11. The number of anilines is 1. The quantitative estimate of drug-likeness (QED) is 0.740. The number of aliphatic imine (C=N–C) groups is 1. The third kappa shape index (κ3) is 4.29. The van der Waals surface area contributed by atoms with E-state index in [1.165, 1.54) is 0 Å². The average molecular weight is 438 g/mol. The van der Waals surface area contributed by atoms with Crippen molar-refractivity contribution in [3.05, 3.63) is 29.5 Å². The number of nitrogens with zero attached hydrogens (tertiary/aromatic N) is 5. The Morgan fingerprint density at radius 3 is 2.66 bits per heavy atom. The zero-order valence-electron chi connectivity index (χ0n) is 19.1. The van der Waals surface area contributed by atoms with Gasteiger partial charge in [-0.1, -0.05) is 5.57 Å². The molecule has 0 aliphatic carbocycles. The summed E-state index contributed by atoms with van der Waals surface area (Å²) in [6.45, 7) is 9.56. The van der Waals surface area contributed by atoms with Gasteiger partial charge in [0.15, 0.2) is 5.65 Å². The van der Waals surface area contributed by atoms with E-state index in [2.05, 4.69) is 20.3 Å². The summed E-state index contributed by atoms with van der Waals surface area (Å²) in [5.74, 6) is -0.161. The van der Waals surface area contributed by atoms with Crippen molar-refractivity contribution in [1.29, 1.82) is 0 Å². The van der Waals surface area contributed by atoms with Crippen molar-refractivity contribution in [1.82, 2.24) is 20.1 Å². The minimum absolute atomic E-state index is 0.106. The molecule has 1 saturated heterocycles. The summed E-state index contributed by atoms with van der Waals surface area (Å²) in [6.07, 6.45) is 5.35. The third-order valence-electron chi connectivity index (χ3n) is 6.19. The summed E-state index contributed by atoms with van der Waals surface area (Å²) in [6, 6.07) is 2.14. The Balaban J connectivity index is 1.64. The Morgan fingerprint density at radius 2 is 2.00 bits per heavy atom. The highest BCUT2D eigenvalue weighted by Crippen LogP contribution is 2.27. The largest absolute Gasteiger partial charge is 0.356 e. The number of nitrogens with two attached hydrogens (primary N) is 1. The molecule has 4 rings (SSSR count). The van der Waals surface area contributed by atoms with Gasteiger partial charge in [-0.05, 0) is 52.7 Å². The molecule has 9 heteroatoms. The van der Waals surface area contributed by atoms with E-state index in [-0.39, 0.29) is 30.4 Å². The van der Waals surface area contributed by atoms with Crippen molar-refractivity contribution in [2.24, 2.45) is 16.6 Å². The number of fused-ring (bicyclic) bond motifs is 1. The zero-order chi connectivity index (χ0) is 23.0. The van der Waals surface area contributed by atoms with E-state index < -0.39 is 5.92 Å². The van der Waals surface area contributed by atoms with Gasteiger partial charge in [-0.3, -0.25) is 9.59 Å². The highest BCUT2D eigenvalue weighted by molar-refractivity contribution is 6.07. The summed E-state index contributed by atoms with van der Waals surface area (Å²) in [4.78, 5) is 36.6. The Kier molecular flexibility index (Phi) is 6.10. The second-order valence-corrected chi connectivity index (χ2v) is 9.02.